The predicted octanol–water partition coefficient (Wildman–Crippen LogP) is 4.88. The molecule has 0 radical (unpaired) electrons. The van der Waals surface area contributed by atoms with E-state index in [0.29, 0.717) is 22.4 Å². The maximum Gasteiger partial charge on any atom is 0.277 e. The van der Waals surface area contributed by atoms with E-state index in [0.717, 1.165) is 24.0 Å². The summed E-state index contributed by atoms with van der Waals surface area (Å²) >= 11 is 6.01. The van der Waals surface area contributed by atoms with Crippen molar-refractivity contribution in [1.82, 2.24) is 9.97 Å². The highest BCUT2D eigenvalue weighted by atomic mass is 35.5. The number of rotatable bonds is 5. The van der Waals surface area contributed by atoms with Crippen LogP contribution in [0, 0.1) is 6.92 Å². The van der Waals surface area contributed by atoms with E-state index >= 15 is 0 Å². The van der Waals surface area contributed by atoms with E-state index in [9.17, 15) is 4.79 Å². The Hall–Kier alpha value is -2.86. The van der Waals surface area contributed by atoms with Gasteiger partial charge >= 0.3 is 0 Å². The molecule has 0 atom stereocenters. The van der Waals surface area contributed by atoms with Gasteiger partial charge in [-0.2, -0.15) is 0 Å². The van der Waals surface area contributed by atoms with Crippen LogP contribution in [0.5, 0.6) is 5.88 Å². The van der Waals surface area contributed by atoms with Gasteiger partial charge in [0.25, 0.3) is 5.91 Å². The van der Waals surface area contributed by atoms with Crippen LogP contribution in [0.1, 0.15) is 35.5 Å². The first-order valence-electron chi connectivity index (χ1n) is 8.74. The monoisotopic (exact) mass is 383 g/mol. The predicted molar refractivity (Wildman–Crippen MR) is 102 cm³/mol. The molecule has 1 aliphatic rings. The van der Waals surface area contributed by atoms with Crippen LogP contribution in [0.2, 0.25) is 5.02 Å². The molecular formula is C20H18ClN3O3. The third-order valence-corrected chi connectivity index (χ3v) is 4.81. The summed E-state index contributed by atoms with van der Waals surface area (Å²) in [7, 11) is 0. The summed E-state index contributed by atoms with van der Waals surface area (Å²) in [6.07, 6.45) is 6.27. The number of hydrogen-bond donors (Lipinski definition) is 1. The van der Waals surface area contributed by atoms with Gasteiger partial charge in [-0.15, -0.1) is 0 Å². The fourth-order valence-corrected chi connectivity index (χ4v) is 2.94. The van der Waals surface area contributed by atoms with Gasteiger partial charge in [0.1, 0.15) is 11.9 Å². The number of oxazole rings is 1. The van der Waals surface area contributed by atoms with Gasteiger partial charge in [0.2, 0.25) is 5.88 Å². The minimum absolute atomic E-state index is 0.196. The van der Waals surface area contributed by atoms with E-state index in [2.05, 4.69) is 15.3 Å². The van der Waals surface area contributed by atoms with E-state index in [1.165, 1.54) is 12.8 Å². The van der Waals surface area contributed by atoms with Crippen LogP contribution in [0.25, 0.3) is 11.1 Å². The molecule has 6 nitrogen and oxygen atoms in total. The summed E-state index contributed by atoms with van der Waals surface area (Å²) in [6, 6.07) is 9.28. The van der Waals surface area contributed by atoms with Gasteiger partial charge in [-0.05, 0) is 49.9 Å². The molecule has 1 aliphatic carbocycles. The van der Waals surface area contributed by atoms with Gasteiger partial charge in [0.05, 0.1) is 11.9 Å². The second-order valence-corrected chi connectivity index (χ2v) is 6.90. The Balaban J connectivity index is 1.65. The smallest absolute Gasteiger partial charge is 0.277 e. The first kappa shape index (κ1) is 17.5. The van der Waals surface area contributed by atoms with E-state index < -0.39 is 0 Å². The zero-order valence-corrected chi connectivity index (χ0v) is 15.5. The molecule has 0 bridgehead atoms. The number of ether oxygens (including phenoxy) is 1. The molecule has 27 heavy (non-hydrogen) atoms. The van der Waals surface area contributed by atoms with Crippen LogP contribution >= 0.6 is 11.6 Å². The molecule has 0 saturated heterocycles. The molecular weight excluding hydrogens is 366 g/mol. The van der Waals surface area contributed by atoms with Crippen molar-refractivity contribution in [3.05, 3.63) is 59.4 Å². The number of nitrogens with zero attached hydrogens (tertiary/aromatic N) is 2. The molecule has 1 fully saturated rings. The summed E-state index contributed by atoms with van der Waals surface area (Å²) in [5.41, 5.74) is 2.51. The number of nitrogens with one attached hydrogen (secondary N) is 1. The van der Waals surface area contributed by atoms with Crippen LogP contribution < -0.4 is 10.1 Å². The van der Waals surface area contributed by atoms with E-state index in [4.69, 9.17) is 20.8 Å². The molecule has 7 heteroatoms. The summed E-state index contributed by atoms with van der Waals surface area (Å²) in [5, 5.41) is 3.46. The molecule has 0 aliphatic heterocycles. The number of pyridine rings is 1. The minimum atomic E-state index is -0.349. The van der Waals surface area contributed by atoms with Gasteiger partial charge in [0.15, 0.2) is 12.1 Å². The Morgan fingerprint density at radius 1 is 1.26 bits per heavy atom. The number of aromatic nitrogens is 2. The number of carbonyl (C=O) groups is 1. The highest BCUT2D eigenvalue weighted by Crippen LogP contribution is 2.34. The van der Waals surface area contributed by atoms with Crippen molar-refractivity contribution in [3.8, 4) is 17.0 Å². The lowest BCUT2D eigenvalue weighted by atomic mass is 9.96. The first-order chi connectivity index (χ1) is 13.1. The van der Waals surface area contributed by atoms with Gasteiger partial charge in [-0.1, -0.05) is 23.7 Å². The second-order valence-electron chi connectivity index (χ2n) is 6.47. The van der Waals surface area contributed by atoms with Crippen molar-refractivity contribution in [1.29, 1.82) is 0 Å². The molecule has 1 aromatic carbocycles. The summed E-state index contributed by atoms with van der Waals surface area (Å²) in [4.78, 5) is 20.8. The number of amides is 1. The van der Waals surface area contributed by atoms with Crippen molar-refractivity contribution in [2.45, 2.75) is 32.3 Å². The molecule has 2 heterocycles. The molecule has 2 aromatic heterocycles. The number of carbonyl (C=O) groups excluding carboxylic acids is 1. The van der Waals surface area contributed by atoms with E-state index in [1.807, 2.05) is 30.3 Å². The first-order valence-corrected chi connectivity index (χ1v) is 9.12. The summed E-state index contributed by atoms with van der Waals surface area (Å²) in [5.74, 6) is 0.665. The van der Waals surface area contributed by atoms with E-state index in [-0.39, 0.29) is 17.7 Å². The zero-order chi connectivity index (χ0) is 18.8. The lowest BCUT2D eigenvalue weighted by Crippen LogP contribution is -2.25. The molecule has 1 amide bonds. The molecule has 138 valence electrons. The molecule has 3 aromatic rings. The topological polar surface area (TPSA) is 77.3 Å². The second kappa shape index (κ2) is 7.40. The Kier molecular flexibility index (Phi) is 4.81. The third-order valence-electron chi connectivity index (χ3n) is 4.55. The molecule has 0 spiro atoms. The Bertz CT molecular complexity index is 965. The molecule has 0 unspecified atom stereocenters. The van der Waals surface area contributed by atoms with Crippen LogP contribution in [0.4, 0.5) is 5.69 Å². The zero-order valence-electron chi connectivity index (χ0n) is 14.7. The van der Waals surface area contributed by atoms with Crippen LogP contribution in [-0.4, -0.2) is 22.0 Å². The highest BCUT2D eigenvalue weighted by Gasteiger charge is 2.22. The third kappa shape index (κ3) is 3.80. The average Bonchev–Trinajstić information content (AvgIpc) is 3.06. The quantitative estimate of drug-likeness (QED) is 0.679. The van der Waals surface area contributed by atoms with Crippen molar-refractivity contribution in [2.24, 2.45) is 0 Å². The maximum atomic E-state index is 12.4. The lowest BCUT2D eigenvalue weighted by Gasteiger charge is -2.27. The Morgan fingerprint density at radius 3 is 2.67 bits per heavy atom. The normalized spacial score (nSPS) is 13.9. The summed E-state index contributed by atoms with van der Waals surface area (Å²) < 4.78 is 11.1. The summed E-state index contributed by atoms with van der Waals surface area (Å²) in [6.45, 7) is 1.69. The SMILES string of the molecule is Cc1ocnc1C(=O)Nc1cnc(OC2CCC2)c(-c2ccc(Cl)cc2)c1. The van der Waals surface area contributed by atoms with Crippen molar-refractivity contribution in [2.75, 3.05) is 5.32 Å². The van der Waals surface area contributed by atoms with Crippen molar-refractivity contribution in [3.63, 3.8) is 0 Å². The fraction of sp³-hybridized carbons (Fsp3) is 0.250. The van der Waals surface area contributed by atoms with Crippen LogP contribution in [0.3, 0.4) is 0 Å². The van der Waals surface area contributed by atoms with Gasteiger partial charge < -0.3 is 14.5 Å². The molecule has 1 saturated carbocycles. The fourth-order valence-electron chi connectivity index (χ4n) is 2.81. The van der Waals surface area contributed by atoms with Gasteiger partial charge in [-0.3, -0.25) is 4.79 Å². The minimum Gasteiger partial charge on any atom is -0.474 e. The largest absolute Gasteiger partial charge is 0.474 e. The van der Waals surface area contributed by atoms with Gasteiger partial charge in [-0.25, -0.2) is 9.97 Å². The number of halogens is 1. The maximum absolute atomic E-state index is 12.4. The number of aryl methyl sites for hydroxylation is 1. The Morgan fingerprint density at radius 2 is 2.04 bits per heavy atom. The number of benzene rings is 1. The number of anilines is 1. The highest BCUT2D eigenvalue weighted by molar-refractivity contribution is 6.30. The van der Waals surface area contributed by atoms with Crippen LogP contribution in [-0.2, 0) is 0 Å². The molecule has 4 rings (SSSR count). The standard InChI is InChI=1S/C20H18ClN3O3/c1-12-18(23-11-26-12)19(25)24-15-9-17(13-5-7-14(21)8-6-13)20(22-10-15)27-16-3-2-4-16/h5-11,16H,2-4H2,1H3,(H,24,25). The Labute approximate surface area is 161 Å². The lowest BCUT2D eigenvalue weighted by molar-refractivity contribution is 0.102. The average molecular weight is 384 g/mol. The van der Waals surface area contributed by atoms with Gasteiger partial charge in [0, 0.05) is 10.6 Å². The van der Waals surface area contributed by atoms with Crippen LogP contribution in [0.15, 0.2) is 47.3 Å². The molecule has 1 N–H and O–H groups in total. The number of hydrogen-bond acceptors (Lipinski definition) is 5. The van der Waals surface area contributed by atoms with E-state index in [1.54, 1.807) is 13.1 Å². The van der Waals surface area contributed by atoms with Crippen molar-refractivity contribution < 1.29 is 13.9 Å². The van der Waals surface area contributed by atoms with Crippen molar-refractivity contribution >= 4 is 23.2 Å².